The summed E-state index contributed by atoms with van der Waals surface area (Å²) in [5, 5.41) is 5.46. The van der Waals surface area contributed by atoms with Crippen molar-refractivity contribution in [3.8, 4) is 11.3 Å². The fourth-order valence-corrected chi connectivity index (χ4v) is 3.39. The van der Waals surface area contributed by atoms with Gasteiger partial charge in [0, 0.05) is 33.9 Å². The molecule has 0 aliphatic heterocycles. The van der Waals surface area contributed by atoms with Gasteiger partial charge in [0.25, 0.3) is 5.91 Å². The molecule has 1 amide bonds. The van der Waals surface area contributed by atoms with Gasteiger partial charge in [0.2, 0.25) is 0 Å². The van der Waals surface area contributed by atoms with E-state index in [1.165, 1.54) is 0 Å². The average molecular weight is 354 g/mol. The predicted molar refractivity (Wildman–Crippen MR) is 97.9 cm³/mol. The lowest BCUT2D eigenvalue weighted by atomic mass is 10.1. The molecule has 0 saturated heterocycles. The second-order valence-electron chi connectivity index (χ2n) is 5.23. The summed E-state index contributed by atoms with van der Waals surface area (Å²) in [4.78, 5) is 18.0. The molecule has 0 aliphatic carbocycles. The van der Waals surface area contributed by atoms with Gasteiger partial charge in [-0.1, -0.05) is 35.9 Å². The van der Waals surface area contributed by atoms with E-state index in [9.17, 15) is 4.79 Å². The van der Waals surface area contributed by atoms with Gasteiger partial charge in [0.15, 0.2) is 4.96 Å². The molecule has 1 N–H and O–H groups in total. The fraction of sp³-hybridized carbons (Fsp3) is 0. The SMILES string of the molecule is O=C(Nc1ccccc1-c1cn2ccsc2n1)c1cccc(Cl)c1. The molecule has 0 radical (unpaired) electrons. The van der Waals surface area contributed by atoms with Gasteiger partial charge in [-0.2, -0.15) is 0 Å². The largest absolute Gasteiger partial charge is 0.321 e. The Morgan fingerprint density at radius 3 is 2.88 bits per heavy atom. The highest BCUT2D eigenvalue weighted by Gasteiger charge is 2.13. The first kappa shape index (κ1) is 14.9. The van der Waals surface area contributed by atoms with Crippen LogP contribution in [-0.4, -0.2) is 15.3 Å². The number of nitrogens with one attached hydrogen (secondary N) is 1. The number of amides is 1. The van der Waals surface area contributed by atoms with E-state index < -0.39 is 0 Å². The number of fused-ring (bicyclic) bond motifs is 1. The van der Waals surface area contributed by atoms with Crippen molar-refractivity contribution in [2.45, 2.75) is 0 Å². The monoisotopic (exact) mass is 353 g/mol. The minimum Gasteiger partial charge on any atom is -0.321 e. The van der Waals surface area contributed by atoms with Crippen molar-refractivity contribution in [2.75, 3.05) is 5.32 Å². The van der Waals surface area contributed by atoms with Gasteiger partial charge in [-0.25, -0.2) is 4.98 Å². The molecule has 24 heavy (non-hydrogen) atoms. The zero-order valence-corrected chi connectivity index (χ0v) is 14.0. The van der Waals surface area contributed by atoms with Gasteiger partial charge >= 0.3 is 0 Å². The van der Waals surface area contributed by atoms with Crippen molar-refractivity contribution in [1.29, 1.82) is 0 Å². The lowest BCUT2D eigenvalue weighted by Gasteiger charge is -2.09. The third-order valence-corrected chi connectivity index (χ3v) is 4.64. The number of hydrogen-bond acceptors (Lipinski definition) is 3. The lowest BCUT2D eigenvalue weighted by Crippen LogP contribution is -2.12. The van der Waals surface area contributed by atoms with Crippen LogP contribution in [0.4, 0.5) is 5.69 Å². The maximum Gasteiger partial charge on any atom is 0.255 e. The first-order valence-corrected chi connectivity index (χ1v) is 8.55. The Morgan fingerprint density at radius 1 is 1.17 bits per heavy atom. The number of thiazole rings is 1. The molecule has 2 aromatic heterocycles. The van der Waals surface area contributed by atoms with E-state index in [-0.39, 0.29) is 5.91 Å². The number of anilines is 1. The maximum absolute atomic E-state index is 12.5. The van der Waals surface area contributed by atoms with Crippen molar-refractivity contribution in [3.63, 3.8) is 0 Å². The Morgan fingerprint density at radius 2 is 2.04 bits per heavy atom. The molecule has 2 heterocycles. The molecule has 6 heteroatoms. The Bertz CT molecular complexity index is 1010. The molecular weight excluding hydrogens is 342 g/mol. The number of nitrogens with zero attached hydrogens (tertiary/aromatic N) is 2. The van der Waals surface area contributed by atoms with E-state index in [0.717, 1.165) is 16.2 Å². The first-order valence-electron chi connectivity index (χ1n) is 7.29. The number of hydrogen-bond donors (Lipinski definition) is 1. The van der Waals surface area contributed by atoms with Crippen LogP contribution in [0.15, 0.2) is 66.3 Å². The molecule has 0 saturated carbocycles. The number of halogens is 1. The average Bonchev–Trinajstić information content (AvgIpc) is 3.17. The zero-order valence-electron chi connectivity index (χ0n) is 12.4. The molecule has 4 rings (SSSR count). The number of aromatic nitrogens is 2. The summed E-state index contributed by atoms with van der Waals surface area (Å²) in [5.41, 5.74) is 2.93. The van der Waals surface area contributed by atoms with Gasteiger partial charge in [-0.05, 0) is 24.3 Å². The van der Waals surface area contributed by atoms with Crippen molar-refractivity contribution >= 4 is 39.5 Å². The Kier molecular flexibility index (Phi) is 3.80. The summed E-state index contributed by atoms with van der Waals surface area (Å²) in [6.45, 7) is 0. The summed E-state index contributed by atoms with van der Waals surface area (Å²) in [5.74, 6) is -0.203. The van der Waals surface area contributed by atoms with Gasteiger partial charge in [-0.15, -0.1) is 11.3 Å². The van der Waals surface area contributed by atoms with E-state index in [4.69, 9.17) is 11.6 Å². The predicted octanol–water partition coefficient (Wildman–Crippen LogP) is 4.97. The van der Waals surface area contributed by atoms with Crippen molar-refractivity contribution in [1.82, 2.24) is 9.38 Å². The second kappa shape index (κ2) is 6.11. The van der Waals surface area contributed by atoms with Crippen molar-refractivity contribution in [2.24, 2.45) is 0 Å². The molecular formula is C18H12ClN3OS. The molecule has 0 atom stereocenters. The number of carbonyl (C=O) groups is 1. The van der Waals surface area contributed by atoms with E-state index in [1.54, 1.807) is 35.6 Å². The number of rotatable bonds is 3. The maximum atomic E-state index is 12.5. The van der Waals surface area contributed by atoms with E-state index >= 15 is 0 Å². The molecule has 0 unspecified atom stereocenters. The smallest absolute Gasteiger partial charge is 0.255 e. The van der Waals surface area contributed by atoms with E-state index in [1.807, 2.05) is 46.4 Å². The Balaban J connectivity index is 1.69. The van der Waals surface area contributed by atoms with E-state index in [0.29, 0.717) is 16.3 Å². The van der Waals surface area contributed by atoms with Crippen LogP contribution >= 0.6 is 22.9 Å². The first-order chi connectivity index (χ1) is 11.7. The highest BCUT2D eigenvalue weighted by Crippen LogP contribution is 2.29. The van der Waals surface area contributed by atoms with Gasteiger partial charge in [-0.3, -0.25) is 9.20 Å². The number of para-hydroxylation sites is 1. The Hall–Kier alpha value is -2.63. The second-order valence-corrected chi connectivity index (χ2v) is 6.54. The summed E-state index contributed by atoms with van der Waals surface area (Å²) in [6.07, 6.45) is 3.92. The molecule has 2 aromatic carbocycles. The van der Waals surface area contributed by atoms with Gasteiger partial charge < -0.3 is 5.32 Å². The van der Waals surface area contributed by atoms with Crippen LogP contribution in [0.3, 0.4) is 0 Å². The highest BCUT2D eigenvalue weighted by molar-refractivity contribution is 7.15. The van der Waals surface area contributed by atoms with Crippen LogP contribution in [0, 0.1) is 0 Å². The number of benzene rings is 2. The fourth-order valence-electron chi connectivity index (χ4n) is 2.50. The lowest BCUT2D eigenvalue weighted by molar-refractivity contribution is 0.102. The van der Waals surface area contributed by atoms with Crippen LogP contribution in [0.5, 0.6) is 0 Å². The van der Waals surface area contributed by atoms with Gasteiger partial charge in [0.05, 0.1) is 11.4 Å². The Labute approximate surface area is 147 Å². The molecule has 118 valence electrons. The summed E-state index contributed by atoms with van der Waals surface area (Å²) < 4.78 is 1.97. The minimum absolute atomic E-state index is 0.203. The highest BCUT2D eigenvalue weighted by atomic mass is 35.5. The molecule has 0 bridgehead atoms. The minimum atomic E-state index is -0.203. The molecule has 4 aromatic rings. The third-order valence-electron chi connectivity index (χ3n) is 3.63. The summed E-state index contributed by atoms with van der Waals surface area (Å²) in [7, 11) is 0. The van der Waals surface area contributed by atoms with Crippen molar-refractivity contribution < 1.29 is 4.79 Å². The third kappa shape index (κ3) is 2.79. The van der Waals surface area contributed by atoms with Crippen LogP contribution in [0.25, 0.3) is 16.2 Å². The summed E-state index contributed by atoms with van der Waals surface area (Å²) in [6, 6.07) is 14.5. The van der Waals surface area contributed by atoms with Crippen molar-refractivity contribution in [3.05, 3.63) is 76.9 Å². The quantitative estimate of drug-likeness (QED) is 0.565. The summed E-state index contributed by atoms with van der Waals surface area (Å²) >= 11 is 7.53. The zero-order chi connectivity index (χ0) is 16.5. The molecule has 4 nitrogen and oxygen atoms in total. The standard InChI is InChI=1S/C18H12ClN3OS/c19-13-5-3-4-12(10-13)17(23)20-15-7-2-1-6-14(15)16-11-22-8-9-24-18(22)21-16/h1-11H,(H,20,23). The number of carbonyl (C=O) groups excluding carboxylic acids is 1. The number of imidazole rings is 1. The van der Waals surface area contributed by atoms with Crippen LogP contribution in [0.1, 0.15) is 10.4 Å². The van der Waals surface area contributed by atoms with E-state index in [2.05, 4.69) is 10.3 Å². The molecule has 0 spiro atoms. The normalized spacial score (nSPS) is 10.9. The molecule has 0 aliphatic rings. The van der Waals surface area contributed by atoms with Crippen LogP contribution in [0.2, 0.25) is 5.02 Å². The van der Waals surface area contributed by atoms with Crippen LogP contribution in [-0.2, 0) is 0 Å². The van der Waals surface area contributed by atoms with Crippen LogP contribution < -0.4 is 5.32 Å². The molecule has 0 fully saturated rings. The van der Waals surface area contributed by atoms with Gasteiger partial charge in [0.1, 0.15) is 0 Å². The topological polar surface area (TPSA) is 46.4 Å².